The summed E-state index contributed by atoms with van der Waals surface area (Å²) in [6.07, 6.45) is 1.35. The Balaban J connectivity index is 2.23. The minimum atomic E-state index is -3.74. The van der Waals surface area contributed by atoms with Crippen LogP contribution in [-0.2, 0) is 10.0 Å². The molecule has 5 nitrogen and oxygen atoms in total. The van der Waals surface area contributed by atoms with Crippen LogP contribution < -0.4 is 4.65 Å². The van der Waals surface area contributed by atoms with Gasteiger partial charge in [-0.1, -0.05) is 29.8 Å². The third kappa shape index (κ3) is 2.38. The van der Waals surface area contributed by atoms with Gasteiger partial charge >= 0.3 is 7.69 Å². The van der Waals surface area contributed by atoms with Gasteiger partial charge in [-0.05, 0) is 31.2 Å². The lowest BCUT2D eigenvalue weighted by Crippen LogP contribution is -2.11. The summed E-state index contributed by atoms with van der Waals surface area (Å²) < 4.78 is 31.8. The molecule has 0 spiro atoms. The van der Waals surface area contributed by atoms with Crippen LogP contribution in [0.4, 0.5) is 0 Å². The third-order valence-electron chi connectivity index (χ3n) is 3.40. The number of hydrogen-bond donors (Lipinski definition) is 1. The van der Waals surface area contributed by atoms with Gasteiger partial charge in [0.25, 0.3) is 10.0 Å². The molecule has 111 valence electrons. The quantitative estimate of drug-likeness (QED) is 0.749. The van der Waals surface area contributed by atoms with E-state index in [1.54, 1.807) is 48.5 Å². The minimum absolute atomic E-state index is 0.193. The van der Waals surface area contributed by atoms with Crippen LogP contribution in [0.1, 0.15) is 5.56 Å². The van der Waals surface area contributed by atoms with Crippen molar-refractivity contribution in [2.75, 3.05) is 0 Å². The van der Waals surface area contributed by atoms with E-state index in [9.17, 15) is 8.42 Å². The van der Waals surface area contributed by atoms with Crippen LogP contribution in [0.2, 0.25) is 0 Å². The van der Waals surface area contributed by atoms with E-state index >= 15 is 0 Å². The molecule has 0 bridgehead atoms. The predicted octanol–water partition coefficient (Wildman–Crippen LogP) is 2.09. The first kappa shape index (κ1) is 14.7. The van der Waals surface area contributed by atoms with Gasteiger partial charge in [0.05, 0.1) is 16.6 Å². The summed E-state index contributed by atoms with van der Waals surface area (Å²) in [6, 6.07) is 13.6. The summed E-state index contributed by atoms with van der Waals surface area (Å²) in [6.45, 7) is 1.89. The van der Waals surface area contributed by atoms with Crippen molar-refractivity contribution in [2.24, 2.45) is 0 Å². The number of hydrogen-bond acceptors (Lipinski definition) is 4. The molecule has 1 aromatic heterocycles. The summed E-state index contributed by atoms with van der Waals surface area (Å²) in [7, 11) is -3.21. The Morgan fingerprint density at radius 2 is 1.77 bits per heavy atom. The fourth-order valence-corrected chi connectivity index (χ4v) is 3.65. The molecular weight excluding hydrogens is 301 g/mol. The highest BCUT2D eigenvalue weighted by atomic mass is 32.2. The molecule has 0 aliphatic heterocycles. The van der Waals surface area contributed by atoms with Gasteiger partial charge < -0.3 is 9.68 Å². The largest absolute Gasteiger partial charge is 0.569 e. The number of benzene rings is 2. The zero-order valence-electron chi connectivity index (χ0n) is 11.8. The van der Waals surface area contributed by atoms with E-state index in [0.717, 1.165) is 9.54 Å². The standard InChI is InChI=1S/C15H13BNO4S/c1-11-6-8-12(9-7-11)22(19,20)17-10-15(21-16-18)13-4-2-3-5-14(13)17/h2-10,18H,1H3. The van der Waals surface area contributed by atoms with Gasteiger partial charge in [0.1, 0.15) is 5.75 Å². The van der Waals surface area contributed by atoms with E-state index in [1.165, 1.54) is 6.20 Å². The van der Waals surface area contributed by atoms with Crippen molar-refractivity contribution < 1.29 is 18.1 Å². The SMILES string of the molecule is Cc1ccc(S(=O)(=O)n2cc(O[B]O)c3ccccc32)cc1. The highest BCUT2D eigenvalue weighted by molar-refractivity contribution is 7.90. The fourth-order valence-electron chi connectivity index (χ4n) is 2.29. The van der Waals surface area contributed by atoms with Crippen LogP contribution in [-0.4, -0.2) is 25.1 Å². The van der Waals surface area contributed by atoms with Crippen molar-refractivity contribution in [2.45, 2.75) is 11.8 Å². The van der Waals surface area contributed by atoms with Crippen LogP contribution in [0, 0.1) is 6.92 Å². The molecule has 1 N–H and O–H groups in total. The van der Waals surface area contributed by atoms with Crippen molar-refractivity contribution >= 4 is 28.6 Å². The lowest BCUT2D eigenvalue weighted by molar-refractivity contribution is 0.456. The normalized spacial score (nSPS) is 11.5. The number of nitrogens with zero attached hydrogens (tertiary/aromatic N) is 1. The number of fused-ring (bicyclic) bond motifs is 1. The van der Waals surface area contributed by atoms with E-state index in [4.69, 9.17) is 9.68 Å². The van der Waals surface area contributed by atoms with E-state index in [1.807, 2.05) is 6.92 Å². The van der Waals surface area contributed by atoms with Crippen LogP contribution in [0.3, 0.4) is 0 Å². The second-order valence-corrected chi connectivity index (χ2v) is 6.66. The Kier molecular flexibility index (Phi) is 3.68. The first-order chi connectivity index (χ1) is 10.5. The molecule has 0 unspecified atom stereocenters. The summed E-state index contributed by atoms with van der Waals surface area (Å²) >= 11 is 0. The van der Waals surface area contributed by atoms with Gasteiger partial charge in [-0.2, -0.15) is 0 Å². The molecule has 1 radical (unpaired) electrons. The van der Waals surface area contributed by atoms with Crippen molar-refractivity contribution in [3.63, 3.8) is 0 Å². The molecule has 2 aromatic carbocycles. The highest BCUT2D eigenvalue weighted by Crippen LogP contribution is 2.30. The molecule has 0 aliphatic carbocycles. The molecule has 3 rings (SSSR count). The smallest absolute Gasteiger partial charge is 0.536 e. The monoisotopic (exact) mass is 314 g/mol. The van der Waals surface area contributed by atoms with Gasteiger partial charge in [0.2, 0.25) is 0 Å². The van der Waals surface area contributed by atoms with Crippen molar-refractivity contribution in [3.8, 4) is 5.75 Å². The van der Waals surface area contributed by atoms with E-state index in [2.05, 4.69) is 0 Å². The molecule has 0 saturated carbocycles. The molecule has 0 saturated heterocycles. The van der Waals surface area contributed by atoms with E-state index in [-0.39, 0.29) is 10.6 Å². The van der Waals surface area contributed by atoms with Gasteiger partial charge in [-0.15, -0.1) is 0 Å². The minimum Gasteiger partial charge on any atom is -0.536 e. The van der Waals surface area contributed by atoms with Gasteiger partial charge in [0, 0.05) is 5.39 Å². The lowest BCUT2D eigenvalue weighted by atomic mass is 10.2. The zero-order valence-corrected chi connectivity index (χ0v) is 12.6. The molecular formula is C15H13BNO4S. The molecule has 22 heavy (non-hydrogen) atoms. The predicted molar refractivity (Wildman–Crippen MR) is 84.3 cm³/mol. The van der Waals surface area contributed by atoms with Crippen LogP contribution >= 0.6 is 0 Å². The molecule has 3 aromatic rings. The summed E-state index contributed by atoms with van der Waals surface area (Å²) in [4.78, 5) is 0.193. The van der Waals surface area contributed by atoms with Crippen LogP contribution in [0.5, 0.6) is 5.75 Å². The molecule has 0 aliphatic rings. The Morgan fingerprint density at radius 1 is 1.09 bits per heavy atom. The summed E-state index contributed by atoms with van der Waals surface area (Å²) in [5.41, 5.74) is 1.47. The van der Waals surface area contributed by atoms with Crippen molar-refractivity contribution in [1.29, 1.82) is 0 Å². The maximum atomic E-state index is 12.8. The topological polar surface area (TPSA) is 68.5 Å². The second kappa shape index (κ2) is 5.51. The van der Waals surface area contributed by atoms with Gasteiger partial charge in [0.15, 0.2) is 0 Å². The molecule has 0 fully saturated rings. The Hall–Kier alpha value is -2.25. The van der Waals surface area contributed by atoms with Crippen molar-refractivity contribution in [3.05, 3.63) is 60.3 Å². The molecule has 0 amide bonds. The Labute approximate surface area is 129 Å². The van der Waals surface area contributed by atoms with Crippen LogP contribution in [0.15, 0.2) is 59.6 Å². The average molecular weight is 314 g/mol. The number of rotatable bonds is 4. The first-order valence-electron chi connectivity index (χ1n) is 6.59. The molecule has 0 atom stereocenters. The maximum Gasteiger partial charge on any atom is 0.569 e. The Morgan fingerprint density at radius 3 is 2.45 bits per heavy atom. The summed E-state index contributed by atoms with van der Waals surface area (Å²) in [5.74, 6) is 0.272. The zero-order chi connectivity index (χ0) is 15.7. The number of para-hydroxylation sites is 1. The Bertz CT molecular complexity index is 916. The number of aromatic nitrogens is 1. The maximum absolute atomic E-state index is 12.8. The van der Waals surface area contributed by atoms with E-state index < -0.39 is 10.0 Å². The van der Waals surface area contributed by atoms with Crippen molar-refractivity contribution in [1.82, 2.24) is 3.97 Å². The molecule has 7 heteroatoms. The fraction of sp³-hybridized carbons (Fsp3) is 0.0667. The van der Waals surface area contributed by atoms with E-state index in [0.29, 0.717) is 18.6 Å². The first-order valence-corrected chi connectivity index (χ1v) is 8.03. The van der Waals surface area contributed by atoms with Crippen LogP contribution in [0.25, 0.3) is 10.9 Å². The highest BCUT2D eigenvalue weighted by Gasteiger charge is 2.21. The second-order valence-electron chi connectivity index (χ2n) is 4.85. The van der Waals surface area contributed by atoms with Gasteiger partial charge in [-0.25, -0.2) is 12.4 Å². The average Bonchev–Trinajstić information content (AvgIpc) is 2.88. The lowest BCUT2D eigenvalue weighted by Gasteiger charge is -2.07. The molecule has 1 heterocycles. The third-order valence-corrected chi connectivity index (χ3v) is 5.09. The van der Waals surface area contributed by atoms with Gasteiger partial charge in [-0.3, -0.25) is 0 Å². The summed E-state index contributed by atoms with van der Waals surface area (Å²) in [5, 5.41) is 9.43. The number of aryl methyl sites for hydroxylation is 1.